The number of benzene rings is 2. The van der Waals surface area contributed by atoms with Gasteiger partial charge < -0.3 is 9.47 Å². The largest absolute Gasteiger partial charge is 0.497 e. The van der Waals surface area contributed by atoms with Gasteiger partial charge in [0.2, 0.25) is 0 Å². The molecular weight excluding hydrogens is 348 g/mol. The fourth-order valence-electron chi connectivity index (χ4n) is 4.47. The van der Waals surface area contributed by atoms with E-state index in [-0.39, 0.29) is 11.8 Å². The highest BCUT2D eigenvalue weighted by Crippen LogP contribution is 2.52. The molecule has 2 heterocycles. The summed E-state index contributed by atoms with van der Waals surface area (Å²) in [6.45, 7) is 0. The minimum atomic E-state index is -0.306. The normalized spacial score (nSPS) is 22.6. The summed E-state index contributed by atoms with van der Waals surface area (Å²) in [6.07, 6.45) is 5.26. The number of hydrogen-bond acceptors (Lipinski definition) is 4. The van der Waals surface area contributed by atoms with Crippen LogP contribution in [0.5, 0.6) is 11.5 Å². The molecule has 0 unspecified atom stereocenters. The molecule has 1 atom stereocenters. The summed E-state index contributed by atoms with van der Waals surface area (Å²) in [5.41, 5.74) is 3.07. The Labute approximate surface area is 158 Å². The third-order valence-electron chi connectivity index (χ3n) is 5.77. The zero-order valence-corrected chi connectivity index (χ0v) is 15.5. The van der Waals surface area contributed by atoms with Gasteiger partial charge in [-0.25, -0.2) is 5.01 Å². The van der Waals surface area contributed by atoms with Crippen LogP contribution in [0.2, 0.25) is 5.02 Å². The second-order valence-electron chi connectivity index (χ2n) is 7.28. The SMILES string of the molecule is COc1ccc(C2=NN3[C@@H](C2)c2cc(Cl)ccc2OC32CCCC2)cc1. The van der Waals surface area contributed by atoms with Crippen molar-refractivity contribution in [1.82, 2.24) is 5.01 Å². The molecule has 5 rings (SSSR count). The van der Waals surface area contributed by atoms with E-state index in [1.54, 1.807) is 7.11 Å². The van der Waals surface area contributed by atoms with Gasteiger partial charge in [-0.3, -0.25) is 0 Å². The van der Waals surface area contributed by atoms with Gasteiger partial charge in [0, 0.05) is 29.8 Å². The minimum absolute atomic E-state index is 0.188. The Morgan fingerprint density at radius 2 is 1.92 bits per heavy atom. The quantitative estimate of drug-likeness (QED) is 0.734. The molecule has 1 aliphatic carbocycles. The third-order valence-corrected chi connectivity index (χ3v) is 6.00. The summed E-state index contributed by atoms with van der Waals surface area (Å²) >= 11 is 6.28. The second-order valence-corrected chi connectivity index (χ2v) is 7.71. The van der Waals surface area contributed by atoms with Crippen LogP contribution in [0.4, 0.5) is 0 Å². The van der Waals surface area contributed by atoms with Crippen LogP contribution in [0, 0.1) is 0 Å². The highest BCUT2D eigenvalue weighted by atomic mass is 35.5. The van der Waals surface area contributed by atoms with Crippen LogP contribution in [0.1, 0.15) is 49.3 Å². The number of rotatable bonds is 2. The first-order valence-corrected chi connectivity index (χ1v) is 9.56. The Balaban J connectivity index is 1.57. The van der Waals surface area contributed by atoms with Crippen LogP contribution in [0.15, 0.2) is 47.6 Å². The number of ether oxygens (including phenoxy) is 2. The molecule has 1 fully saturated rings. The van der Waals surface area contributed by atoms with Gasteiger partial charge in [-0.2, -0.15) is 5.10 Å². The standard InChI is InChI=1S/C21H21ClN2O2/c1-25-16-7-4-14(5-8-16)18-13-19-17-12-15(22)6-9-20(17)26-21(24(19)23-18)10-2-3-11-21/h4-9,12,19H,2-3,10-11,13H2,1H3/t19-/m0/s1. The average molecular weight is 369 g/mol. The van der Waals surface area contributed by atoms with Gasteiger partial charge in [0.05, 0.1) is 18.9 Å². The molecule has 0 radical (unpaired) electrons. The minimum Gasteiger partial charge on any atom is -0.497 e. The molecule has 0 saturated heterocycles. The summed E-state index contributed by atoms with van der Waals surface area (Å²) in [7, 11) is 1.68. The monoisotopic (exact) mass is 368 g/mol. The van der Waals surface area contributed by atoms with E-state index in [9.17, 15) is 0 Å². The van der Waals surface area contributed by atoms with Gasteiger partial charge in [0.15, 0.2) is 5.72 Å². The first-order valence-electron chi connectivity index (χ1n) is 9.18. The van der Waals surface area contributed by atoms with Crippen LogP contribution in [-0.2, 0) is 0 Å². The van der Waals surface area contributed by atoms with Gasteiger partial charge >= 0.3 is 0 Å². The smallest absolute Gasteiger partial charge is 0.198 e. The third kappa shape index (κ3) is 2.39. The topological polar surface area (TPSA) is 34.1 Å². The Morgan fingerprint density at radius 3 is 2.65 bits per heavy atom. The van der Waals surface area contributed by atoms with E-state index in [2.05, 4.69) is 17.1 Å². The van der Waals surface area contributed by atoms with E-state index >= 15 is 0 Å². The predicted octanol–water partition coefficient (Wildman–Crippen LogP) is 5.16. The molecule has 0 N–H and O–H groups in total. The van der Waals surface area contributed by atoms with Gasteiger partial charge in [-0.15, -0.1) is 0 Å². The molecule has 0 bridgehead atoms. The number of halogens is 1. The Bertz CT molecular complexity index is 872. The maximum absolute atomic E-state index is 6.51. The second kappa shape index (κ2) is 5.92. The van der Waals surface area contributed by atoms with Gasteiger partial charge in [-0.05, 0) is 60.9 Å². The molecule has 5 heteroatoms. The van der Waals surface area contributed by atoms with Crippen LogP contribution in [0.25, 0.3) is 0 Å². The van der Waals surface area contributed by atoms with Crippen LogP contribution in [-0.4, -0.2) is 23.6 Å². The van der Waals surface area contributed by atoms with Gasteiger partial charge in [-0.1, -0.05) is 11.6 Å². The Kier molecular flexibility index (Phi) is 3.64. The molecule has 2 aliphatic heterocycles. The van der Waals surface area contributed by atoms with E-state index in [0.717, 1.165) is 52.6 Å². The van der Waals surface area contributed by atoms with Crippen molar-refractivity contribution in [2.75, 3.05) is 7.11 Å². The maximum atomic E-state index is 6.51. The molecule has 1 saturated carbocycles. The van der Waals surface area contributed by atoms with Crippen molar-refractivity contribution in [3.63, 3.8) is 0 Å². The van der Waals surface area contributed by atoms with E-state index in [4.69, 9.17) is 26.2 Å². The van der Waals surface area contributed by atoms with Crippen LogP contribution in [0.3, 0.4) is 0 Å². The molecule has 134 valence electrons. The van der Waals surface area contributed by atoms with E-state index < -0.39 is 0 Å². The summed E-state index contributed by atoms with van der Waals surface area (Å²) in [4.78, 5) is 0. The van der Waals surface area contributed by atoms with Gasteiger partial charge in [0.25, 0.3) is 0 Å². The first-order chi connectivity index (χ1) is 12.7. The lowest BCUT2D eigenvalue weighted by molar-refractivity contribution is -0.114. The lowest BCUT2D eigenvalue weighted by Crippen LogP contribution is -2.51. The van der Waals surface area contributed by atoms with Crippen molar-refractivity contribution in [3.8, 4) is 11.5 Å². The van der Waals surface area contributed by atoms with E-state index in [1.165, 1.54) is 12.8 Å². The predicted molar refractivity (Wildman–Crippen MR) is 102 cm³/mol. The maximum Gasteiger partial charge on any atom is 0.198 e. The van der Waals surface area contributed by atoms with Crippen molar-refractivity contribution in [3.05, 3.63) is 58.6 Å². The average Bonchev–Trinajstić information content (AvgIpc) is 3.31. The molecule has 0 aromatic heterocycles. The fraction of sp³-hybridized carbons (Fsp3) is 0.381. The molecule has 0 amide bonds. The highest BCUT2D eigenvalue weighted by Gasteiger charge is 2.51. The van der Waals surface area contributed by atoms with E-state index in [0.29, 0.717) is 0 Å². The lowest BCUT2D eigenvalue weighted by atomic mass is 9.94. The van der Waals surface area contributed by atoms with Crippen LogP contribution >= 0.6 is 11.6 Å². The number of fused-ring (bicyclic) bond motifs is 4. The Morgan fingerprint density at radius 1 is 1.15 bits per heavy atom. The summed E-state index contributed by atoms with van der Waals surface area (Å²) in [6, 6.07) is 14.3. The molecule has 3 aliphatic rings. The lowest BCUT2D eigenvalue weighted by Gasteiger charge is -2.45. The van der Waals surface area contributed by atoms with Crippen molar-refractivity contribution in [2.24, 2.45) is 5.10 Å². The van der Waals surface area contributed by atoms with Crippen molar-refractivity contribution in [2.45, 2.75) is 43.9 Å². The summed E-state index contributed by atoms with van der Waals surface area (Å²) in [5, 5.41) is 8.00. The number of nitrogens with zero attached hydrogens (tertiary/aromatic N) is 2. The number of methoxy groups -OCH3 is 1. The van der Waals surface area contributed by atoms with Crippen molar-refractivity contribution in [1.29, 1.82) is 0 Å². The molecular formula is C21H21ClN2O2. The number of hydrogen-bond donors (Lipinski definition) is 0. The summed E-state index contributed by atoms with van der Waals surface area (Å²) in [5.74, 6) is 1.82. The molecule has 26 heavy (non-hydrogen) atoms. The molecule has 1 spiro atoms. The first kappa shape index (κ1) is 16.0. The number of hydrazone groups is 1. The van der Waals surface area contributed by atoms with Crippen molar-refractivity contribution < 1.29 is 9.47 Å². The highest BCUT2D eigenvalue weighted by molar-refractivity contribution is 6.30. The zero-order chi connectivity index (χ0) is 17.7. The summed E-state index contributed by atoms with van der Waals surface area (Å²) < 4.78 is 11.8. The van der Waals surface area contributed by atoms with E-state index in [1.807, 2.05) is 30.3 Å². The van der Waals surface area contributed by atoms with Crippen LogP contribution < -0.4 is 9.47 Å². The van der Waals surface area contributed by atoms with Gasteiger partial charge in [0.1, 0.15) is 11.5 Å². The van der Waals surface area contributed by atoms with Crippen molar-refractivity contribution >= 4 is 17.3 Å². The molecule has 2 aromatic carbocycles. The molecule has 2 aromatic rings. The Hall–Kier alpha value is -2.20. The molecule has 4 nitrogen and oxygen atoms in total. The fourth-order valence-corrected chi connectivity index (χ4v) is 4.65. The zero-order valence-electron chi connectivity index (χ0n) is 14.7.